The van der Waals surface area contributed by atoms with E-state index < -0.39 is 11.3 Å². The lowest BCUT2D eigenvalue weighted by Crippen LogP contribution is -2.30. The Morgan fingerprint density at radius 3 is 2.81 bits per heavy atom. The molecule has 27 heavy (non-hydrogen) atoms. The van der Waals surface area contributed by atoms with E-state index in [1.54, 1.807) is 18.3 Å². The number of carbonyl (C=O) groups is 1. The van der Waals surface area contributed by atoms with Gasteiger partial charge in [0.2, 0.25) is 5.43 Å². The third-order valence-corrected chi connectivity index (χ3v) is 5.12. The Bertz CT molecular complexity index is 1150. The molecule has 1 aromatic heterocycles. The van der Waals surface area contributed by atoms with Crippen LogP contribution in [0.2, 0.25) is 5.02 Å². The molecular formula is C21H19ClN2O3. The second-order valence-electron chi connectivity index (χ2n) is 6.99. The first-order valence-corrected chi connectivity index (χ1v) is 9.14. The lowest BCUT2D eigenvalue weighted by atomic mass is 10.1. The Kier molecular flexibility index (Phi) is 4.19. The van der Waals surface area contributed by atoms with Gasteiger partial charge in [0.05, 0.1) is 22.5 Å². The Morgan fingerprint density at radius 1 is 1.26 bits per heavy atom. The first-order chi connectivity index (χ1) is 12.8. The normalized spacial score (nSPS) is 15.5. The van der Waals surface area contributed by atoms with Crippen LogP contribution in [0.4, 0.5) is 5.69 Å². The fourth-order valence-corrected chi connectivity index (χ4v) is 3.69. The molecule has 3 aromatic rings. The van der Waals surface area contributed by atoms with Crippen LogP contribution in [0.5, 0.6) is 5.75 Å². The van der Waals surface area contributed by atoms with Gasteiger partial charge in [0, 0.05) is 11.9 Å². The van der Waals surface area contributed by atoms with Crippen molar-refractivity contribution < 1.29 is 9.53 Å². The standard InChI is InChI=1S/C21H19ClN2O3/c1-11-4-5-12(2)16(8-11)23-21(26)14-10-24-9-13(3)27-17-7-6-15(22)18(19(17)24)20(14)25/h4-8,10,13H,9H2,1-3H3,(H,23,26)/t13-/m1/s1. The molecule has 1 N–H and O–H groups in total. The number of ether oxygens (including phenoxy) is 1. The van der Waals surface area contributed by atoms with Gasteiger partial charge in [-0.3, -0.25) is 9.59 Å². The van der Waals surface area contributed by atoms with Gasteiger partial charge in [-0.2, -0.15) is 0 Å². The Labute approximate surface area is 161 Å². The molecule has 0 unspecified atom stereocenters. The minimum absolute atomic E-state index is 0.0663. The highest BCUT2D eigenvalue weighted by Crippen LogP contribution is 2.33. The lowest BCUT2D eigenvalue weighted by molar-refractivity contribution is 0.102. The summed E-state index contributed by atoms with van der Waals surface area (Å²) in [5.41, 5.74) is 2.95. The van der Waals surface area contributed by atoms with Gasteiger partial charge in [-0.15, -0.1) is 0 Å². The van der Waals surface area contributed by atoms with Crippen LogP contribution in [-0.2, 0) is 6.54 Å². The van der Waals surface area contributed by atoms with Gasteiger partial charge in [-0.25, -0.2) is 0 Å². The molecule has 1 atom stereocenters. The molecule has 0 saturated heterocycles. The summed E-state index contributed by atoms with van der Waals surface area (Å²) in [6, 6.07) is 9.19. The fraction of sp³-hybridized carbons (Fsp3) is 0.238. The number of amides is 1. The van der Waals surface area contributed by atoms with E-state index in [1.165, 1.54) is 0 Å². The Hall–Kier alpha value is -2.79. The zero-order chi connectivity index (χ0) is 19.3. The van der Waals surface area contributed by atoms with Crippen molar-refractivity contribution in [3.63, 3.8) is 0 Å². The maximum Gasteiger partial charge on any atom is 0.261 e. The summed E-state index contributed by atoms with van der Waals surface area (Å²) in [5.74, 6) is 0.159. The number of carbonyl (C=O) groups excluding carboxylic acids is 1. The zero-order valence-corrected chi connectivity index (χ0v) is 16.1. The molecule has 138 valence electrons. The van der Waals surface area contributed by atoms with E-state index in [-0.39, 0.29) is 11.7 Å². The predicted molar refractivity (Wildman–Crippen MR) is 107 cm³/mol. The molecule has 2 heterocycles. The van der Waals surface area contributed by atoms with E-state index in [0.29, 0.717) is 33.9 Å². The SMILES string of the molecule is Cc1ccc(C)c(NC(=O)c2cn3c4c(ccc(Cl)c4c2=O)O[C@H](C)C3)c1. The number of hydrogen-bond donors (Lipinski definition) is 1. The van der Waals surface area contributed by atoms with Crippen LogP contribution >= 0.6 is 11.6 Å². The van der Waals surface area contributed by atoms with Gasteiger partial charge in [0.25, 0.3) is 5.91 Å². The van der Waals surface area contributed by atoms with Crippen molar-refractivity contribution in [2.75, 3.05) is 5.32 Å². The van der Waals surface area contributed by atoms with Crippen LogP contribution in [0.3, 0.4) is 0 Å². The van der Waals surface area contributed by atoms with Crippen molar-refractivity contribution in [1.82, 2.24) is 4.57 Å². The average Bonchev–Trinajstić information content (AvgIpc) is 2.62. The van der Waals surface area contributed by atoms with E-state index in [4.69, 9.17) is 16.3 Å². The first kappa shape index (κ1) is 17.6. The number of benzene rings is 2. The van der Waals surface area contributed by atoms with Gasteiger partial charge in [0.15, 0.2) is 0 Å². The van der Waals surface area contributed by atoms with Gasteiger partial charge in [-0.1, -0.05) is 23.7 Å². The highest BCUT2D eigenvalue weighted by Gasteiger charge is 2.24. The van der Waals surface area contributed by atoms with Crippen LogP contribution in [0, 0.1) is 13.8 Å². The molecule has 0 fully saturated rings. The number of nitrogens with zero attached hydrogens (tertiary/aromatic N) is 1. The van der Waals surface area contributed by atoms with Gasteiger partial charge in [0.1, 0.15) is 17.4 Å². The molecule has 5 nitrogen and oxygen atoms in total. The molecule has 1 amide bonds. The van der Waals surface area contributed by atoms with Crippen LogP contribution in [-0.4, -0.2) is 16.6 Å². The lowest BCUT2D eigenvalue weighted by Gasteiger charge is -2.26. The molecule has 6 heteroatoms. The highest BCUT2D eigenvalue weighted by atomic mass is 35.5. The summed E-state index contributed by atoms with van der Waals surface area (Å²) in [6.45, 7) is 6.34. The number of nitrogens with one attached hydrogen (secondary N) is 1. The Balaban J connectivity index is 1.87. The number of anilines is 1. The van der Waals surface area contributed by atoms with E-state index in [1.807, 2.05) is 43.5 Å². The van der Waals surface area contributed by atoms with Crippen molar-refractivity contribution in [2.24, 2.45) is 0 Å². The van der Waals surface area contributed by atoms with Crippen molar-refractivity contribution in [1.29, 1.82) is 0 Å². The molecule has 1 aliphatic rings. The first-order valence-electron chi connectivity index (χ1n) is 8.76. The molecule has 0 spiro atoms. The molecule has 4 rings (SSSR count). The Morgan fingerprint density at radius 2 is 2.04 bits per heavy atom. The van der Waals surface area contributed by atoms with Crippen molar-refractivity contribution in [3.05, 3.63) is 68.5 Å². The summed E-state index contributed by atoms with van der Waals surface area (Å²) in [5, 5.41) is 3.49. The number of pyridine rings is 1. The summed E-state index contributed by atoms with van der Waals surface area (Å²) >= 11 is 6.31. The molecule has 0 radical (unpaired) electrons. The number of aromatic nitrogens is 1. The summed E-state index contributed by atoms with van der Waals surface area (Å²) in [7, 11) is 0. The van der Waals surface area contributed by atoms with Crippen LogP contribution in [0.1, 0.15) is 28.4 Å². The molecule has 1 aliphatic heterocycles. The molecule has 0 saturated carbocycles. The quantitative estimate of drug-likeness (QED) is 0.718. The van der Waals surface area contributed by atoms with E-state index >= 15 is 0 Å². The topological polar surface area (TPSA) is 60.3 Å². The number of halogens is 1. The van der Waals surface area contributed by atoms with Crippen LogP contribution < -0.4 is 15.5 Å². The van der Waals surface area contributed by atoms with Crippen molar-refractivity contribution >= 4 is 34.1 Å². The maximum atomic E-state index is 13.0. The molecule has 2 aromatic carbocycles. The van der Waals surface area contributed by atoms with Crippen molar-refractivity contribution in [2.45, 2.75) is 33.4 Å². The second-order valence-corrected chi connectivity index (χ2v) is 7.40. The number of rotatable bonds is 2. The van der Waals surface area contributed by atoms with Crippen molar-refractivity contribution in [3.8, 4) is 5.75 Å². The third kappa shape index (κ3) is 2.98. The summed E-state index contributed by atoms with van der Waals surface area (Å²) in [6.07, 6.45) is 1.53. The summed E-state index contributed by atoms with van der Waals surface area (Å²) < 4.78 is 7.70. The predicted octanol–water partition coefficient (Wildman–Crippen LogP) is 4.30. The fourth-order valence-electron chi connectivity index (χ4n) is 3.45. The van der Waals surface area contributed by atoms with Gasteiger partial charge in [-0.05, 0) is 50.1 Å². The minimum Gasteiger partial charge on any atom is -0.487 e. The summed E-state index contributed by atoms with van der Waals surface area (Å²) in [4.78, 5) is 26.0. The smallest absolute Gasteiger partial charge is 0.261 e. The maximum absolute atomic E-state index is 13.0. The van der Waals surface area contributed by atoms with E-state index in [2.05, 4.69) is 5.32 Å². The second kappa shape index (κ2) is 6.43. The minimum atomic E-state index is -0.444. The highest BCUT2D eigenvalue weighted by molar-refractivity contribution is 6.35. The van der Waals surface area contributed by atoms with Crippen LogP contribution in [0.25, 0.3) is 10.9 Å². The number of hydrogen-bond acceptors (Lipinski definition) is 3. The molecular weight excluding hydrogens is 364 g/mol. The monoisotopic (exact) mass is 382 g/mol. The molecule has 0 aliphatic carbocycles. The number of aryl methyl sites for hydroxylation is 2. The van der Waals surface area contributed by atoms with E-state index in [0.717, 1.165) is 11.1 Å². The zero-order valence-electron chi connectivity index (χ0n) is 15.3. The van der Waals surface area contributed by atoms with E-state index in [9.17, 15) is 9.59 Å². The van der Waals surface area contributed by atoms with Crippen LogP contribution in [0.15, 0.2) is 41.3 Å². The largest absolute Gasteiger partial charge is 0.487 e. The average molecular weight is 383 g/mol. The van der Waals surface area contributed by atoms with Gasteiger partial charge < -0.3 is 14.6 Å². The third-order valence-electron chi connectivity index (χ3n) is 4.80. The molecule has 0 bridgehead atoms. The van der Waals surface area contributed by atoms with Gasteiger partial charge >= 0.3 is 0 Å².